The zero-order chi connectivity index (χ0) is 14.0. The summed E-state index contributed by atoms with van der Waals surface area (Å²) in [5.74, 6) is 0. The van der Waals surface area contributed by atoms with E-state index in [0.717, 1.165) is 36.3 Å². The van der Waals surface area contributed by atoms with E-state index in [0.29, 0.717) is 6.61 Å². The van der Waals surface area contributed by atoms with E-state index >= 15 is 0 Å². The van der Waals surface area contributed by atoms with Crippen LogP contribution in [0.25, 0.3) is 0 Å². The monoisotopic (exact) mass is 334 g/mol. The summed E-state index contributed by atoms with van der Waals surface area (Å²) in [5, 5.41) is 3.41. The van der Waals surface area contributed by atoms with E-state index in [-0.39, 0.29) is 0 Å². The van der Waals surface area contributed by atoms with Crippen LogP contribution in [0.5, 0.6) is 0 Å². The first-order valence-corrected chi connectivity index (χ1v) is 7.57. The topological polar surface area (TPSA) is 34.1 Å². The van der Waals surface area contributed by atoms with Crippen LogP contribution in [0.1, 0.15) is 17.7 Å². The summed E-state index contributed by atoms with van der Waals surface area (Å²) in [6.07, 6.45) is 2.80. The molecule has 0 saturated heterocycles. The molecule has 0 aliphatic heterocycles. The molecule has 2 aromatic rings. The van der Waals surface area contributed by atoms with Gasteiger partial charge in [-0.15, -0.1) is 0 Å². The van der Waals surface area contributed by atoms with Crippen LogP contribution in [0.4, 0.5) is 0 Å². The first kappa shape index (κ1) is 15.2. The molecule has 0 bridgehead atoms. The molecule has 1 heterocycles. The molecule has 4 heteroatoms. The molecule has 0 unspecified atom stereocenters. The first-order chi connectivity index (χ1) is 9.84. The average Bonchev–Trinajstić information content (AvgIpc) is 2.49. The molecular formula is C16H19BrN2O. The minimum Gasteiger partial charge on any atom is -0.375 e. The lowest BCUT2D eigenvalue weighted by Gasteiger charge is -2.06. The molecule has 0 spiro atoms. The first-order valence-electron chi connectivity index (χ1n) is 6.77. The van der Waals surface area contributed by atoms with Gasteiger partial charge in [-0.1, -0.05) is 30.3 Å². The Morgan fingerprint density at radius 2 is 1.95 bits per heavy atom. The smallest absolute Gasteiger partial charge is 0.0887 e. The predicted molar refractivity (Wildman–Crippen MR) is 84.4 cm³/mol. The normalized spacial score (nSPS) is 10.7. The van der Waals surface area contributed by atoms with Gasteiger partial charge in [0.2, 0.25) is 0 Å². The number of ether oxygens (including phenoxy) is 1. The molecule has 106 valence electrons. The van der Waals surface area contributed by atoms with Gasteiger partial charge in [-0.3, -0.25) is 4.98 Å². The number of hydrogen-bond acceptors (Lipinski definition) is 3. The van der Waals surface area contributed by atoms with E-state index in [1.807, 2.05) is 18.2 Å². The Morgan fingerprint density at radius 1 is 1.10 bits per heavy atom. The van der Waals surface area contributed by atoms with E-state index < -0.39 is 0 Å². The van der Waals surface area contributed by atoms with Crippen molar-refractivity contribution in [3.63, 3.8) is 0 Å². The summed E-state index contributed by atoms with van der Waals surface area (Å²) in [6.45, 7) is 3.20. The van der Waals surface area contributed by atoms with E-state index in [1.54, 1.807) is 6.20 Å². The van der Waals surface area contributed by atoms with Crippen molar-refractivity contribution in [3.05, 3.63) is 64.4 Å². The maximum atomic E-state index is 5.59. The number of aromatic nitrogens is 1. The summed E-state index contributed by atoms with van der Waals surface area (Å²) in [7, 11) is 0. The second-order valence-corrected chi connectivity index (χ2v) is 5.45. The van der Waals surface area contributed by atoms with Crippen LogP contribution in [0, 0.1) is 0 Å². The zero-order valence-electron chi connectivity index (χ0n) is 11.4. The van der Waals surface area contributed by atoms with Crippen molar-refractivity contribution < 1.29 is 4.74 Å². The van der Waals surface area contributed by atoms with Gasteiger partial charge in [-0.05, 0) is 46.6 Å². The van der Waals surface area contributed by atoms with Gasteiger partial charge in [0.15, 0.2) is 0 Å². The third kappa shape index (κ3) is 5.82. The molecule has 3 nitrogen and oxygen atoms in total. The van der Waals surface area contributed by atoms with Crippen molar-refractivity contribution in [1.82, 2.24) is 10.3 Å². The number of pyridine rings is 1. The molecule has 0 radical (unpaired) electrons. The van der Waals surface area contributed by atoms with Crippen molar-refractivity contribution >= 4 is 15.9 Å². The fourth-order valence-electron chi connectivity index (χ4n) is 1.80. The number of nitrogens with zero attached hydrogens (tertiary/aromatic N) is 1. The lowest BCUT2D eigenvalue weighted by molar-refractivity contribution is 0.116. The molecule has 0 aliphatic carbocycles. The van der Waals surface area contributed by atoms with Crippen LogP contribution >= 0.6 is 15.9 Å². The maximum absolute atomic E-state index is 5.59. The highest BCUT2D eigenvalue weighted by Crippen LogP contribution is 2.08. The lowest BCUT2D eigenvalue weighted by Crippen LogP contribution is -2.16. The molecule has 0 aliphatic rings. The quantitative estimate of drug-likeness (QED) is 0.750. The summed E-state index contributed by atoms with van der Waals surface area (Å²) in [4.78, 5) is 4.26. The van der Waals surface area contributed by atoms with Gasteiger partial charge in [0, 0.05) is 23.8 Å². The van der Waals surface area contributed by atoms with Crippen LogP contribution in [-0.2, 0) is 17.9 Å². The molecule has 1 aromatic carbocycles. The van der Waals surface area contributed by atoms with Crippen molar-refractivity contribution in [1.29, 1.82) is 0 Å². The van der Waals surface area contributed by atoms with Crippen LogP contribution < -0.4 is 5.32 Å². The molecule has 0 amide bonds. The predicted octanol–water partition coefficient (Wildman–Crippen LogP) is 3.54. The van der Waals surface area contributed by atoms with Crippen molar-refractivity contribution in [2.75, 3.05) is 13.2 Å². The van der Waals surface area contributed by atoms with Gasteiger partial charge < -0.3 is 10.1 Å². The summed E-state index contributed by atoms with van der Waals surface area (Å²) in [6, 6.07) is 14.4. The van der Waals surface area contributed by atoms with E-state index in [2.05, 4.69) is 50.5 Å². The van der Waals surface area contributed by atoms with Crippen molar-refractivity contribution in [2.45, 2.75) is 19.6 Å². The van der Waals surface area contributed by atoms with E-state index in [9.17, 15) is 0 Å². The van der Waals surface area contributed by atoms with Crippen molar-refractivity contribution in [2.24, 2.45) is 0 Å². The van der Waals surface area contributed by atoms with Gasteiger partial charge in [0.05, 0.1) is 12.3 Å². The van der Waals surface area contributed by atoms with Crippen LogP contribution in [0.2, 0.25) is 0 Å². The largest absolute Gasteiger partial charge is 0.375 e. The molecule has 1 N–H and O–H groups in total. The third-order valence-electron chi connectivity index (χ3n) is 2.85. The Morgan fingerprint density at radius 3 is 2.70 bits per heavy atom. The van der Waals surface area contributed by atoms with Gasteiger partial charge >= 0.3 is 0 Å². The highest BCUT2D eigenvalue weighted by molar-refractivity contribution is 9.10. The van der Waals surface area contributed by atoms with Gasteiger partial charge in [-0.2, -0.15) is 0 Å². The van der Waals surface area contributed by atoms with Gasteiger partial charge in [0.25, 0.3) is 0 Å². The number of halogens is 1. The van der Waals surface area contributed by atoms with Crippen LogP contribution in [-0.4, -0.2) is 18.1 Å². The average molecular weight is 335 g/mol. The Labute approximate surface area is 128 Å². The fraction of sp³-hybridized carbons (Fsp3) is 0.312. The Hall–Kier alpha value is -1.23. The van der Waals surface area contributed by atoms with Crippen LogP contribution in [0.3, 0.4) is 0 Å². The minimum absolute atomic E-state index is 0.575. The van der Waals surface area contributed by atoms with Crippen LogP contribution in [0.15, 0.2) is 53.1 Å². The zero-order valence-corrected chi connectivity index (χ0v) is 13.0. The molecule has 2 rings (SSSR count). The second-order valence-electron chi connectivity index (χ2n) is 4.54. The number of benzene rings is 1. The summed E-state index contributed by atoms with van der Waals surface area (Å²) in [5.41, 5.74) is 2.28. The molecule has 20 heavy (non-hydrogen) atoms. The molecule has 0 atom stereocenters. The van der Waals surface area contributed by atoms with E-state index in [4.69, 9.17) is 4.74 Å². The molecule has 0 saturated carbocycles. The molecular weight excluding hydrogens is 316 g/mol. The van der Waals surface area contributed by atoms with Gasteiger partial charge in [0.1, 0.15) is 0 Å². The number of rotatable bonds is 8. The number of nitrogens with one attached hydrogen (secondary N) is 1. The van der Waals surface area contributed by atoms with E-state index in [1.165, 1.54) is 5.56 Å². The minimum atomic E-state index is 0.575. The summed E-state index contributed by atoms with van der Waals surface area (Å²) >= 11 is 3.36. The highest BCUT2D eigenvalue weighted by atomic mass is 79.9. The summed E-state index contributed by atoms with van der Waals surface area (Å²) < 4.78 is 6.59. The van der Waals surface area contributed by atoms with Crippen molar-refractivity contribution in [3.8, 4) is 0 Å². The highest BCUT2D eigenvalue weighted by Gasteiger charge is 1.95. The molecule has 0 fully saturated rings. The lowest BCUT2D eigenvalue weighted by atomic mass is 10.2. The Balaban J connectivity index is 1.51. The third-order valence-corrected chi connectivity index (χ3v) is 3.32. The maximum Gasteiger partial charge on any atom is 0.0887 e. The molecule has 1 aromatic heterocycles. The fourth-order valence-corrected chi connectivity index (χ4v) is 2.03. The Kier molecular flexibility index (Phi) is 6.71. The van der Waals surface area contributed by atoms with Gasteiger partial charge in [-0.25, -0.2) is 0 Å². The Bertz CT molecular complexity index is 488. The number of hydrogen-bond donors (Lipinski definition) is 1. The second kappa shape index (κ2) is 8.84. The SMILES string of the molecule is Brc1ccc(COCCCNCc2ccccc2)nc1. The standard InChI is InChI=1S/C16H19BrN2O/c17-15-7-8-16(19-12-15)13-20-10-4-9-18-11-14-5-2-1-3-6-14/h1-3,5-8,12,18H,4,9-11,13H2.